The van der Waals surface area contributed by atoms with Gasteiger partial charge in [-0.2, -0.15) is 4.98 Å². The van der Waals surface area contributed by atoms with Crippen LogP contribution in [0.15, 0.2) is 47.6 Å². The topological polar surface area (TPSA) is 110 Å². The summed E-state index contributed by atoms with van der Waals surface area (Å²) in [5, 5.41) is 7.08. The Balaban J connectivity index is 1.44. The Morgan fingerprint density at radius 2 is 2.00 bits per heavy atom. The zero-order valence-corrected chi connectivity index (χ0v) is 16.8. The molecule has 1 N–H and O–H groups in total. The standard InChI is InChI=1S/C21H25N7O2/c29-19-6-13-28(15-16-3-7-22-8-4-16)12-1-2-17(5-9-25-19)21-26-20(27-30-21)18-14-23-10-11-24-18/h3-4,7-8,10-11,14,17H,1-2,5-6,9,12-13,15H2,(H,25,29). The molecule has 9 heteroatoms. The first-order chi connectivity index (χ1) is 14.8. The Labute approximate surface area is 175 Å². The quantitative estimate of drug-likeness (QED) is 0.701. The van der Waals surface area contributed by atoms with Crippen LogP contribution in [-0.4, -0.2) is 55.5 Å². The van der Waals surface area contributed by atoms with E-state index >= 15 is 0 Å². The minimum Gasteiger partial charge on any atom is -0.356 e. The maximum atomic E-state index is 12.2. The monoisotopic (exact) mass is 407 g/mol. The maximum Gasteiger partial charge on any atom is 0.230 e. The highest BCUT2D eigenvalue weighted by molar-refractivity contribution is 5.76. The van der Waals surface area contributed by atoms with E-state index in [2.05, 4.69) is 35.3 Å². The Bertz CT molecular complexity index is 933. The predicted octanol–water partition coefficient (Wildman–Crippen LogP) is 2.20. The first-order valence-corrected chi connectivity index (χ1v) is 10.3. The second-order valence-corrected chi connectivity index (χ2v) is 7.41. The summed E-state index contributed by atoms with van der Waals surface area (Å²) in [6, 6.07) is 4.03. The van der Waals surface area contributed by atoms with Crippen molar-refractivity contribution in [3.8, 4) is 11.5 Å². The molecule has 1 unspecified atom stereocenters. The number of hydrogen-bond donors (Lipinski definition) is 1. The molecule has 0 aliphatic carbocycles. The zero-order chi connectivity index (χ0) is 20.6. The Kier molecular flexibility index (Phi) is 6.71. The van der Waals surface area contributed by atoms with E-state index in [-0.39, 0.29) is 11.8 Å². The molecule has 0 radical (unpaired) electrons. The minimum absolute atomic E-state index is 0.0705. The molecule has 0 saturated carbocycles. The zero-order valence-electron chi connectivity index (χ0n) is 16.8. The van der Waals surface area contributed by atoms with Crippen LogP contribution in [0.5, 0.6) is 0 Å². The number of rotatable bonds is 4. The van der Waals surface area contributed by atoms with Gasteiger partial charge in [0, 0.05) is 56.8 Å². The second-order valence-electron chi connectivity index (χ2n) is 7.41. The number of aromatic nitrogens is 5. The Morgan fingerprint density at radius 3 is 2.83 bits per heavy atom. The molecule has 4 heterocycles. The van der Waals surface area contributed by atoms with Crippen molar-refractivity contribution in [1.82, 2.24) is 35.3 Å². The van der Waals surface area contributed by atoms with E-state index in [0.29, 0.717) is 30.4 Å². The highest BCUT2D eigenvalue weighted by Gasteiger charge is 2.22. The summed E-state index contributed by atoms with van der Waals surface area (Å²) in [5.41, 5.74) is 1.78. The lowest BCUT2D eigenvalue weighted by Crippen LogP contribution is -2.31. The van der Waals surface area contributed by atoms with Crippen molar-refractivity contribution in [2.75, 3.05) is 19.6 Å². The summed E-state index contributed by atoms with van der Waals surface area (Å²) in [5.74, 6) is 1.19. The molecule has 3 aromatic rings. The number of pyridine rings is 1. The van der Waals surface area contributed by atoms with Crippen LogP contribution < -0.4 is 5.32 Å². The van der Waals surface area contributed by atoms with Crippen LogP contribution in [0, 0.1) is 0 Å². The van der Waals surface area contributed by atoms with Crippen LogP contribution in [0.3, 0.4) is 0 Å². The summed E-state index contributed by atoms with van der Waals surface area (Å²) < 4.78 is 5.55. The van der Waals surface area contributed by atoms with Gasteiger partial charge in [-0.05, 0) is 43.5 Å². The van der Waals surface area contributed by atoms with E-state index < -0.39 is 0 Å². The Hall–Kier alpha value is -3.20. The van der Waals surface area contributed by atoms with Gasteiger partial charge in [-0.15, -0.1) is 0 Å². The summed E-state index contributed by atoms with van der Waals surface area (Å²) in [4.78, 5) is 31.4. The molecule has 30 heavy (non-hydrogen) atoms. The summed E-state index contributed by atoms with van der Waals surface area (Å²) in [7, 11) is 0. The van der Waals surface area contributed by atoms with E-state index in [9.17, 15) is 4.79 Å². The number of amides is 1. The lowest BCUT2D eigenvalue weighted by atomic mass is 9.99. The normalized spacial score (nSPS) is 19.1. The third-order valence-corrected chi connectivity index (χ3v) is 5.24. The average Bonchev–Trinajstić information content (AvgIpc) is 3.26. The second kappa shape index (κ2) is 10.0. The lowest BCUT2D eigenvalue weighted by Gasteiger charge is -2.22. The fourth-order valence-corrected chi connectivity index (χ4v) is 3.62. The van der Waals surface area contributed by atoms with E-state index in [4.69, 9.17) is 4.52 Å². The van der Waals surface area contributed by atoms with Gasteiger partial charge in [-0.3, -0.25) is 19.7 Å². The van der Waals surface area contributed by atoms with E-state index in [1.807, 2.05) is 12.1 Å². The van der Waals surface area contributed by atoms with Crippen LogP contribution >= 0.6 is 0 Å². The first-order valence-electron chi connectivity index (χ1n) is 10.3. The predicted molar refractivity (Wildman–Crippen MR) is 109 cm³/mol. The number of nitrogens with one attached hydrogen (secondary N) is 1. The van der Waals surface area contributed by atoms with Gasteiger partial charge in [0.2, 0.25) is 17.6 Å². The molecule has 4 rings (SSSR count). The molecule has 0 aromatic carbocycles. The third-order valence-electron chi connectivity index (χ3n) is 5.24. The molecule has 1 saturated heterocycles. The van der Waals surface area contributed by atoms with Gasteiger partial charge in [0.15, 0.2) is 0 Å². The van der Waals surface area contributed by atoms with Crippen molar-refractivity contribution in [1.29, 1.82) is 0 Å². The summed E-state index contributed by atoms with van der Waals surface area (Å²) >= 11 is 0. The fourth-order valence-electron chi connectivity index (χ4n) is 3.62. The lowest BCUT2D eigenvalue weighted by molar-refractivity contribution is -0.121. The van der Waals surface area contributed by atoms with Crippen molar-refractivity contribution in [2.45, 2.75) is 38.1 Å². The van der Waals surface area contributed by atoms with E-state index in [1.165, 1.54) is 5.56 Å². The van der Waals surface area contributed by atoms with Gasteiger partial charge in [0.25, 0.3) is 0 Å². The van der Waals surface area contributed by atoms with Gasteiger partial charge in [-0.1, -0.05) is 5.16 Å². The van der Waals surface area contributed by atoms with Crippen molar-refractivity contribution in [3.05, 3.63) is 54.6 Å². The van der Waals surface area contributed by atoms with Gasteiger partial charge < -0.3 is 9.84 Å². The van der Waals surface area contributed by atoms with Gasteiger partial charge in [-0.25, -0.2) is 4.98 Å². The number of hydrogen-bond acceptors (Lipinski definition) is 8. The van der Waals surface area contributed by atoms with E-state index in [1.54, 1.807) is 31.0 Å². The van der Waals surface area contributed by atoms with Crippen LogP contribution in [-0.2, 0) is 11.3 Å². The molecule has 1 atom stereocenters. The van der Waals surface area contributed by atoms with E-state index in [0.717, 1.165) is 38.9 Å². The highest BCUT2D eigenvalue weighted by atomic mass is 16.5. The number of carbonyl (C=O) groups is 1. The molecular weight excluding hydrogens is 382 g/mol. The largest absolute Gasteiger partial charge is 0.356 e. The molecule has 3 aromatic heterocycles. The summed E-state index contributed by atoms with van der Waals surface area (Å²) in [6.07, 6.45) is 11.6. The molecule has 156 valence electrons. The first kappa shape index (κ1) is 20.1. The molecule has 0 bridgehead atoms. The molecule has 1 aliphatic heterocycles. The third kappa shape index (κ3) is 5.44. The Morgan fingerprint density at radius 1 is 1.10 bits per heavy atom. The maximum absolute atomic E-state index is 12.2. The molecule has 1 aliphatic rings. The van der Waals surface area contributed by atoms with Crippen LogP contribution in [0.25, 0.3) is 11.5 Å². The number of carbonyl (C=O) groups excluding carboxylic acids is 1. The van der Waals surface area contributed by atoms with Crippen LogP contribution in [0.4, 0.5) is 0 Å². The SMILES string of the molecule is O=C1CCN(Cc2ccncc2)CCCC(c2nc(-c3cnccn3)no2)CCN1. The summed E-state index contributed by atoms with van der Waals surface area (Å²) in [6.45, 7) is 3.03. The average molecular weight is 407 g/mol. The minimum atomic E-state index is 0.0705. The van der Waals surface area contributed by atoms with Crippen molar-refractivity contribution >= 4 is 5.91 Å². The van der Waals surface area contributed by atoms with Gasteiger partial charge >= 0.3 is 0 Å². The molecule has 0 spiro atoms. The smallest absolute Gasteiger partial charge is 0.230 e. The van der Waals surface area contributed by atoms with Crippen molar-refractivity contribution in [2.24, 2.45) is 0 Å². The molecular formula is C21H25N7O2. The van der Waals surface area contributed by atoms with Crippen molar-refractivity contribution in [3.63, 3.8) is 0 Å². The van der Waals surface area contributed by atoms with Crippen LogP contribution in [0.2, 0.25) is 0 Å². The number of nitrogens with zero attached hydrogens (tertiary/aromatic N) is 6. The molecule has 1 amide bonds. The molecule has 9 nitrogen and oxygen atoms in total. The van der Waals surface area contributed by atoms with Gasteiger partial charge in [0.1, 0.15) is 5.69 Å². The molecule has 1 fully saturated rings. The van der Waals surface area contributed by atoms with Gasteiger partial charge in [0.05, 0.1) is 6.20 Å². The van der Waals surface area contributed by atoms with Crippen molar-refractivity contribution < 1.29 is 9.32 Å². The fraction of sp³-hybridized carbons (Fsp3) is 0.429. The highest BCUT2D eigenvalue weighted by Crippen LogP contribution is 2.26. The van der Waals surface area contributed by atoms with Crippen LogP contribution in [0.1, 0.15) is 43.1 Å².